The van der Waals surface area contributed by atoms with Crippen LogP contribution in [0.15, 0.2) is 87.4 Å². The van der Waals surface area contributed by atoms with E-state index in [2.05, 4.69) is 15.3 Å². The van der Waals surface area contributed by atoms with E-state index in [1.165, 1.54) is 42.5 Å². The maximum Gasteiger partial charge on any atom is 0.234 e. The lowest BCUT2D eigenvalue weighted by molar-refractivity contribution is 0.567. The van der Waals surface area contributed by atoms with Gasteiger partial charge in [0.2, 0.25) is 26.6 Å². The molecule has 0 bridgehead atoms. The molecule has 0 aliphatic rings. The molecule has 152 valence electrons. The monoisotopic (exact) mass is 443 g/mol. The molecule has 30 heavy (non-hydrogen) atoms. The molecule has 4 aromatic rings. The van der Waals surface area contributed by atoms with Crippen LogP contribution in [0, 0.1) is 5.82 Å². The number of aromatic nitrogens is 2. The maximum absolute atomic E-state index is 14.2. The summed E-state index contributed by atoms with van der Waals surface area (Å²) in [6, 6.07) is 15.1. The molecule has 1 N–H and O–H groups in total. The van der Waals surface area contributed by atoms with E-state index in [1.807, 2.05) is 6.07 Å². The molecule has 0 atom stereocenters. The summed E-state index contributed by atoms with van der Waals surface area (Å²) in [5.74, 6) is -0.811. The molecule has 9 heteroatoms. The summed E-state index contributed by atoms with van der Waals surface area (Å²) < 4.78 is 46.3. The van der Waals surface area contributed by atoms with Gasteiger partial charge in [-0.3, -0.25) is 4.98 Å². The second kappa shape index (κ2) is 8.25. The van der Waals surface area contributed by atoms with Crippen molar-refractivity contribution in [1.82, 2.24) is 9.97 Å². The molecule has 0 amide bonds. The molecule has 4 rings (SSSR count). The molecule has 0 aliphatic carbocycles. The van der Waals surface area contributed by atoms with Gasteiger partial charge in [-0.25, -0.2) is 12.8 Å². The number of hydrogen-bond donors (Lipinski definition) is 1. The summed E-state index contributed by atoms with van der Waals surface area (Å²) >= 11 is 5.87. The summed E-state index contributed by atoms with van der Waals surface area (Å²) in [6.07, 6.45) is 3.26. The third-order valence-electron chi connectivity index (χ3n) is 4.25. The highest BCUT2D eigenvalue weighted by atomic mass is 35.5. The van der Waals surface area contributed by atoms with Gasteiger partial charge in [-0.1, -0.05) is 29.8 Å². The zero-order chi connectivity index (χ0) is 21.1. The van der Waals surface area contributed by atoms with Crippen LogP contribution in [0.3, 0.4) is 0 Å². The Hall–Kier alpha value is -3.23. The number of pyridine rings is 1. The van der Waals surface area contributed by atoms with E-state index < -0.39 is 15.7 Å². The van der Waals surface area contributed by atoms with Gasteiger partial charge in [-0.15, -0.1) is 0 Å². The van der Waals surface area contributed by atoms with Gasteiger partial charge in [0.25, 0.3) is 0 Å². The lowest BCUT2D eigenvalue weighted by Gasteiger charge is -2.06. The van der Waals surface area contributed by atoms with Crippen molar-refractivity contribution >= 4 is 27.3 Å². The highest BCUT2D eigenvalue weighted by Gasteiger charge is 2.29. The normalized spacial score (nSPS) is 11.4. The zero-order valence-corrected chi connectivity index (χ0v) is 17.0. The van der Waals surface area contributed by atoms with Crippen molar-refractivity contribution in [3.63, 3.8) is 0 Å². The Kier molecular flexibility index (Phi) is 5.52. The molecule has 6 nitrogen and oxygen atoms in total. The fourth-order valence-electron chi connectivity index (χ4n) is 2.76. The van der Waals surface area contributed by atoms with E-state index in [9.17, 15) is 12.8 Å². The van der Waals surface area contributed by atoms with E-state index in [0.717, 1.165) is 5.56 Å². The van der Waals surface area contributed by atoms with Crippen molar-refractivity contribution in [2.24, 2.45) is 0 Å². The molecule has 0 saturated carbocycles. The molecule has 0 fully saturated rings. The number of nitrogens with one attached hydrogen (secondary N) is 1. The SMILES string of the molecule is O=S(=O)(c1ccc(Cl)cc1)c1nc(-c2ccccc2F)oc1NCc1cccnc1. The van der Waals surface area contributed by atoms with E-state index >= 15 is 0 Å². The standard InChI is InChI=1S/C21H15ClFN3O3S/c22-15-7-9-16(10-8-15)30(27,28)21-20(25-13-14-4-3-11-24-12-14)29-19(26-21)17-5-1-2-6-18(17)23/h1-12,25H,13H2. The van der Waals surface area contributed by atoms with Crippen LogP contribution in [-0.4, -0.2) is 18.4 Å². The lowest BCUT2D eigenvalue weighted by atomic mass is 10.2. The van der Waals surface area contributed by atoms with Crippen LogP contribution in [0.4, 0.5) is 10.3 Å². The first kappa shape index (κ1) is 20.1. The fourth-order valence-corrected chi connectivity index (χ4v) is 4.16. The number of nitrogens with zero attached hydrogens (tertiary/aromatic N) is 2. The van der Waals surface area contributed by atoms with Gasteiger partial charge < -0.3 is 9.73 Å². The number of benzene rings is 2. The number of rotatable bonds is 6. The highest BCUT2D eigenvalue weighted by molar-refractivity contribution is 7.91. The van der Waals surface area contributed by atoms with Crippen molar-refractivity contribution < 1.29 is 17.2 Å². The van der Waals surface area contributed by atoms with Crippen molar-refractivity contribution in [2.45, 2.75) is 16.5 Å². The summed E-state index contributed by atoms with van der Waals surface area (Å²) in [5.41, 5.74) is 0.857. The summed E-state index contributed by atoms with van der Waals surface area (Å²) in [7, 11) is -4.05. The molecule has 2 aromatic heterocycles. The van der Waals surface area contributed by atoms with Crippen LogP contribution in [0.5, 0.6) is 0 Å². The first-order chi connectivity index (χ1) is 14.4. The smallest absolute Gasteiger partial charge is 0.234 e. The van der Waals surface area contributed by atoms with Crippen LogP contribution in [0.1, 0.15) is 5.56 Å². The lowest BCUT2D eigenvalue weighted by Crippen LogP contribution is -2.07. The summed E-state index contributed by atoms with van der Waals surface area (Å²) in [6.45, 7) is 0.239. The number of anilines is 1. The number of sulfone groups is 1. The quantitative estimate of drug-likeness (QED) is 0.452. The second-order valence-electron chi connectivity index (χ2n) is 6.31. The first-order valence-corrected chi connectivity index (χ1v) is 10.7. The first-order valence-electron chi connectivity index (χ1n) is 8.84. The molecule has 0 unspecified atom stereocenters. The van der Waals surface area contributed by atoms with Crippen LogP contribution in [0.2, 0.25) is 5.02 Å². The molecule has 2 heterocycles. The van der Waals surface area contributed by atoms with Crippen molar-refractivity contribution in [3.8, 4) is 11.5 Å². The molecular weight excluding hydrogens is 429 g/mol. The van der Waals surface area contributed by atoms with Gasteiger partial charge in [-0.2, -0.15) is 4.98 Å². The van der Waals surface area contributed by atoms with Crippen LogP contribution in [-0.2, 0) is 16.4 Å². The van der Waals surface area contributed by atoms with Gasteiger partial charge in [0, 0.05) is 24.0 Å². The minimum absolute atomic E-state index is 0.00953. The van der Waals surface area contributed by atoms with E-state index in [1.54, 1.807) is 24.5 Å². The number of oxazole rings is 1. The Labute approximate surface area is 177 Å². The van der Waals surface area contributed by atoms with Crippen LogP contribution in [0.25, 0.3) is 11.5 Å². The van der Waals surface area contributed by atoms with Crippen molar-refractivity contribution in [2.75, 3.05) is 5.32 Å². The van der Waals surface area contributed by atoms with Gasteiger partial charge in [-0.05, 0) is 48.0 Å². The van der Waals surface area contributed by atoms with Gasteiger partial charge in [0.1, 0.15) is 5.82 Å². The maximum atomic E-state index is 14.2. The van der Waals surface area contributed by atoms with Crippen LogP contribution >= 0.6 is 11.6 Å². The summed E-state index contributed by atoms with van der Waals surface area (Å²) in [5, 5.41) is 2.99. The minimum Gasteiger partial charge on any atom is -0.419 e. The molecule has 0 aliphatic heterocycles. The Morgan fingerprint density at radius 3 is 2.50 bits per heavy atom. The van der Waals surface area contributed by atoms with Gasteiger partial charge in [0.05, 0.1) is 10.5 Å². The molecular formula is C21H15ClFN3O3S. The zero-order valence-electron chi connectivity index (χ0n) is 15.4. The van der Waals surface area contributed by atoms with E-state index in [-0.39, 0.29) is 33.8 Å². The fraction of sp³-hybridized carbons (Fsp3) is 0.0476. The third kappa shape index (κ3) is 4.05. The number of hydrogen-bond acceptors (Lipinski definition) is 6. The predicted molar refractivity (Wildman–Crippen MR) is 110 cm³/mol. The third-order valence-corrected chi connectivity index (χ3v) is 6.19. The average molecular weight is 444 g/mol. The minimum atomic E-state index is -4.05. The Bertz CT molecular complexity index is 1280. The number of halogens is 2. The Balaban J connectivity index is 1.79. The Morgan fingerprint density at radius 2 is 1.80 bits per heavy atom. The molecule has 0 radical (unpaired) electrons. The largest absolute Gasteiger partial charge is 0.419 e. The van der Waals surface area contributed by atoms with Crippen molar-refractivity contribution in [3.05, 3.63) is 89.5 Å². The predicted octanol–water partition coefficient (Wildman–Crippen LogP) is 4.97. The second-order valence-corrected chi connectivity index (χ2v) is 8.61. The molecule has 0 spiro atoms. The molecule has 0 saturated heterocycles. The van der Waals surface area contributed by atoms with Crippen molar-refractivity contribution in [1.29, 1.82) is 0 Å². The van der Waals surface area contributed by atoms with Gasteiger partial charge in [0.15, 0.2) is 0 Å². The highest BCUT2D eigenvalue weighted by Crippen LogP contribution is 2.33. The Morgan fingerprint density at radius 1 is 1.03 bits per heavy atom. The van der Waals surface area contributed by atoms with E-state index in [4.69, 9.17) is 16.0 Å². The van der Waals surface area contributed by atoms with Gasteiger partial charge >= 0.3 is 0 Å². The summed E-state index contributed by atoms with van der Waals surface area (Å²) in [4.78, 5) is 8.13. The van der Waals surface area contributed by atoms with E-state index in [0.29, 0.717) is 5.02 Å². The topological polar surface area (TPSA) is 85.1 Å². The van der Waals surface area contributed by atoms with Crippen LogP contribution < -0.4 is 5.32 Å². The molecule has 2 aromatic carbocycles. The average Bonchev–Trinajstić information content (AvgIpc) is 3.18.